The zero-order chi connectivity index (χ0) is 19.0. The van der Waals surface area contributed by atoms with E-state index in [1.165, 1.54) is 11.8 Å². The molecule has 4 rings (SSSR count). The smallest absolute Gasteiger partial charge is 0.266 e. The van der Waals surface area contributed by atoms with Crippen molar-refractivity contribution < 1.29 is 4.79 Å². The number of fused-ring (bicyclic) bond motifs is 1. The number of carbonyl (C=O) groups is 1. The fourth-order valence-corrected chi connectivity index (χ4v) is 4.99. The first-order valence-electron chi connectivity index (χ1n) is 8.38. The number of thiazole rings is 1. The van der Waals surface area contributed by atoms with Crippen LogP contribution in [0.2, 0.25) is 0 Å². The van der Waals surface area contributed by atoms with E-state index in [0.29, 0.717) is 15.8 Å². The van der Waals surface area contributed by atoms with Crippen molar-refractivity contribution in [2.75, 3.05) is 19.0 Å². The molecule has 7 heteroatoms. The molecule has 2 aromatic carbocycles. The van der Waals surface area contributed by atoms with Crippen molar-refractivity contribution >= 4 is 67.5 Å². The van der Waals surface area contributed by atoms with Gasteiger partial charge < -0.3 is 4.90 Å². The Morgan fingerprint density at radius 2 is 1.89 bits per heavy atom. The largest absolute Gasteiger partial charge is 0.378 e. The van der Waals surface area contributed by atoms with Gasteiger partial charge >= 0.3 is 0 Å². The predicted octanol–water partition coefficient (Wildman–Crippen LogP) is 4.76. The summed E-state index contributed by atoms with van der Waals surface area (Å²) in [6.07, 6.45) is 1.90. The molecule has 1 aliphatic heterocycles. The number of thiocarbonyl (C=S) groups is 1. The Morgan fingerprint density at radius 3 is 2.59 bits per heavy atom. The zero-order valence-corrected chi connectivity index (χ0v) is 17.3. The van der Waals surface area contributed by atoms with Crippen LogP contribution in [0.5, 0.6) is 0 Å². The van der Waals surface area contributed by atoms with Crippen molar-refractivity contribution in [3.05, 3.63) is 64.0 Å². The fraction of sp³-hybridized carbons (Fsp3) is 0.150. The number of amides is 1. The number of nitrogens with zero attached hydrogens (tertiary/aromatic N) is 3. The summed E-state index contributed by atoms with van der Waals surface area (Å²) in [6, 6.07) is 16.1. The van der Waals surface area contributed by atoms with Gasteiger partial charge in [0.05, 0.1) is 21.7 Å². The van der Waals surface area contributed by atoms with E-state index in [9.17, 15) is 4.79 Å². The summed E-state index contributed by atoms with van der Waals surface area (Å²) in [5.41, 5.74) is 3.07. The number of carbonyl (C=O) groups excluding carboxylic acids is 1. The van der Waals surface area contributed by atoms with Gasteiger partial charge in [-0.25, -0.2) is 4.98 Å². The van der Waals surface area contributed by atoms with Crippen LogP contribution in [0, 0.1) is 0 Å². The number of rotatable bonds is 4. The summed E-state index contributed by atoms with van der Waals surface area (Å²) < 4.78 is 1.70. The number of para-hydroxylation sites is 1. The summed E-state index contributed by atoms with van der Waals surface area (Å²) in [5, 5.41) is 0.893. The van der Waals surface area contributed by atoms with Gasteiger partial charge in [0, 0.05) is 19.8 Å². The number of thioether (sulfide) groups is 1. The summed E-state index contributed by atoms with van der Waals surface area (Å²) in [6.45, 7) is 0.418. The third kappa shape index (κ3) is 3.76. The maximum absolute atomic E-state index is 12.8. The molecule has 136 valence electrons. The molecule has 0 aliphatic carbocycles. The molecule has 0 saturated carbocycles. The average molecular weight is 412 g/mol. The molecule has 27 heavy (non-hydrogen) atoms. The standard InChI is InChI=1S/C20H17N3OS3/c1-22(2)14-9-7-13(8-10-14)11-17-19(24)23(20(25)27-17)12-18-21-15-5-3-4-6-16(15)26-18/h3-11H,12H2,1-2H3/b17-11+. The molecule has 0 atom stereocenters. The quantitative estimate of drug-likeness (QED) is 0.457. The van der Waals surface area contributed by atoms with Crippen molar-refractivity contribution in [1.29, 1.82) is 0 Å². The number of hydrogen-bond donors (Lipinski definition) is 0. The van der Waals surface area contributed by atoms with E-state index >= 15 is 0 Å². The van der Waals surface area contributed by atoms with E-state index < -0.39 is 0 Å². The van der Waals surface area contributed by atoms with Gasteiger partial charge in [-0.05, 0) is 35.9 Å². The zero-order valence-electron chi connectivity index (χ0n) is 14.9. The first-order chi connectivity index (χ1) is 13.0. The van der Waals surface area contributed by atoms with Gasteiger partial charge in [0.2, 0.25) is 0 Å². The van der Waals surface area contributed by atoms with Crippen molar-refractivity contribution in [3.63, 3.8) is 0 Å². The minimum absolute atomic E-state index is 0.0547. The lowest BCUT2D eigenvalue weighted by atomic mass is 10.2. The summed E-state index contributed by atoms with van der Waals surface area (Å²) in [5.74, 6) is -0.0547. The molecule has 1 saturated heterocycles. The molecule has 2 heterocycles. The van der Waals surface area contributed by atoms with Gasteiger partial charge in [-0.1, -0.05) is 48.2 Å². The molecular weight excluding hydrogens is 394 g/mol. The summed E-state index contributed by atoms with van der Waals surface area (Å²) in [4.78, 5) is 21.8. The molecule has 0 N–H and O–H groups in total. The Morgan fingerprint density at radius 1 is 1.15 bits per heavy atom. The molecular formula is C20H17N3OS3. The van der Waals surface area contributed by atoms with Crippen LogP contribution >= 0.6 is 35.3 Å². The maximum atomic E-state index is 12.8. The van der Waals surface area contributed by atoms with Crippen LogP contribution in [0.15, 0.2) is 53.4 Å². The Hall–Kier alpha value is -2.22. The number of anilines is 1. The minimum Gasteiger partial charge on any atom is -0.378 e. The molecule has 1 fully saturated rings. The summed E-state index contributed by atoms with van der Waals surface area (Å²) in [7, 11) is 4.00. The second kappa shape index (κ2) is 7.42. The van der Waals surface area contributed by atoms with Crippen LogP contribution in [0.25, 0.3) is 16.3 Å². The first kappa shape index (κ1) is 18.2. The molecule has 1 aliphatic rings. The van der Waals surface area contributed by atoms with Crippen LogP contribution in [0.3, 0.4) is 0 Å². The van der Waals surface area contributed by atoms with Crippen LogP contribution in [0.1, 0.15) is 10.6 Å². The van der Waals surface area contributed by atoms with E-state index in [1.807, 2.05) is 73.6 Å². The lowest BCUT2D eigenvalue weighted by molar-refractivity contribution is -0.122. The van der Waals surface area contributed by atoms with Crippen molar-refractivity contribution in [3.8, 4) is 0 Å². The SMILES string of the molecule is CN(C)c1ccc(/C=C2/SC(=S)N(Cc3nc4ccccc4s3)C2=O)cc1. The van der Waals surface area contributed by atoms with Gasteiger partial charge in [-0.2, -0.15) is 0 Å². The Bertz CT molecular complexity index is 1020. The predicted molar refractivity (Wildman–Crippen MR) is 119 cm³/mol. The normalized spacial score (nSPS) is 15.9. The third-order valence-electron chi connectivity index (χ3n) is 4.21. The Labute approximate surface area is 171 Å². The molecule has 0 bridgehead atoms. The highest BCUT2D eigenvalue weighted by Crippen LogP contribution is 2.34. The molecule has 3 aromatic rings. The highest BCUT2D eigenvalue weighted by molar-refractivity contribution is 8.26. The van der Waals surface area contributed by atoms with E-state index in [4.69, 9.17) is 12.2 Å². The second-order valence-corrected chi connectivity index (χ2v) is 9.12. The van der Waals surface area contributed by atoms with Crippen molar-refractivity contribution in [2.45, 2.75) is 6.54 Å². The van der Waals surface area contributed by atoms with Crippen LogP contribution in [-0.2, 0) is 11.3 Å². The highest BCUT2D eigenvalue weighted by atomic mass is 32.2. The van der Waals surface area contributed by atoms with Gasteiger partial charge in [-0.15, -0.1) is 11.3 Å². The van der Waals surface area contributed by atoms with Gasteiger partial charge in [0.25, 0.3) is 5.91 Å². The van der Waals surface area contributed by atoms with Gasteiger partial charge in [0.15, 0.2) is 0 Å². The molecule has 0 spiro atoms. The lowest BCUT2D eigenvalue weighted by Gasteiger charge is -2.12. The van der Waals surface area contributed by atoms with E-state index in [2.05, 4.69) is 4.98 Å². The van der Waals surface area contributed by atoms with E-state index in [0.717, 1.165) is 26.5 Å². The first-order valence-corrected chi connectivity index (χ1v) is 10.4. The molecule has 1 amide bonds. The van der Waals surface area contributed by atoms with Gasteiger partial charge in [0.1, 0.15) is 9.33 Å². The maximum Gasteiger partial charge on any atom is 0.266 e. The molecule has 4 nitrogen and oxygen atoms in total. The van der Waals surface area contributed by atoms with Crippen molar-refractivity contribution in [2.24, 2.45) is 0 Å². The van der Waals surface area contributed by atoms with Crippen LogP contribution in [-0.4, -0.2) is 34.2 Å². The molecule has 0 radical (unpaired) electrons. The monoisotopic (exact) mass is 411 g/mol. The minimum atomic E-state index is -0.0547. The number of hydrogen-bond acceptors (Lipinski definition) is 6. The number of benzene rings is 2. The number of aromatic nitrogens is 1. The van der Waals surface area contributed by atoms with Gasteiger partial charge in [-0.3, -0.25) is 9.69 Å². The fourth-order valence-electron chi connectivity index (χ4n) is 2.78. The molecule has 0 unspecified atom stereocenters. The summed E-state index contributed by atoms with van der Waals surface area (Å²) >= 11 is 8.39. The van der Waals surface area contributed by atoms with E-state index in [1.54, 1.807) is 16.2 Å². The Balaban J connectivity index is 1.54. The van der Waals surface area contributed by atoms with Crippen LogP contribution in [0.4, 0.5) is 5.69 Å². The lowest BCUT2D eigenvalue weighted by Crippen LogP contribution is -2.27. The van der Waals surface area contributed by atoms with Crippen LogP contribution < -0.4 is 4.90 Å². The second-order valence-electron chi connectivity index (χ2n) is 6.33. The Kier molecular flexibility index (Phi) is 4.99. The van der Waals surface area contributed by atoms with E-state index in [-0.39, 0.29) is 5.91 Å². The molecule has 1 aromatic heterocycles. The topological polar surface area (TPSA) is 36.4 Å². The van der Waals surface area contributed by atoms with Crippen molar-refractivity contribution in [1.82, 2.24) is 9.88 Å². The third-order valence-corrected chi connectivity index (χ3v) is 6.61. The highest BCUT2D eigenvalue weighted by Gasteiger charge is 2.32. The average Bonchev–Trinajstić information content (AvgIpc) is 3.18.